The van der Waals surface area contributed by atoms with E-state index in [1.54, 1.807) is 12.2 Å². The molecule has 0 aromatic rings. The van der Waals surface area contributed by atoms with Gasteiger partial charge in [0.25, 0.3) is 0 Å². The molecule has 5 heteroatoms. The molecule has 0 saturated carbocycles. The molecule has 0 spiro atoms. The van der Waals surface area contributed by atoms with Crippen molar-refractivity contribution in [2.75, 3.05) is 0 Å². The predicted octanol–water partition coefficient (Wildman–Crippen LogP) is 2.74. The van der Waals surface area contributed by atoms with Gasteiger partial charge in [-0.2, -0.15) is 8.42 Å². The van der Waals surface area contributed by atoms with Crippen LogP contribution in [0.25, 0.3) is 0 Å². The maximum absolute atomic E-state index is 10.6. The average Bonchev–Trinajstić information content (AvgIpc) is 2.15. The molecule has 0 aromatic heterocycles. The van der Waals surface area contributed by atoms with Crippen LogP contribution in [-0.2, 0) is 14.6 Å². The third-order valence-electron chi connectivity index (χ3n) is 2.31. The van der Waals surface area contributed by atoms with Gasteiger partial charge in [-0.15, -0.1) is 13.2 Å². The van der Waals surface area contributed by atoms with Crippen LogP contribution in [0.5, 0.6) is 0 Å². The summed E-state index contributed by atoms with van der Waals surface area (Å²) in [6.45, 7) is 9.11. The summed E-state index contributed by atoms with van der Waals surface area (Å²) in [5.74, 6) is 0.252. The molecular weight excluding hydrogens is 228 g/mol. The van der Waals surface area contributed by atoms with Gasteiger partial charge in [-0.1, -0.05) is 19.1 Å². The van der Waals surface area contributed by atoms with Crippen molar-refractivity contribution in [2.24, 2.45) is 5.92 Å². The molecule has 94 valence electrons. The topological polar surface area (TPSA) is 63.6 Å². The van der Waals surface area contributed by atoms with Crippen molar-refractivity contribution in [1.82, 2.24) is 0 Å². The van der Waals surface area contributed by atoms with Crippen LogP contribution in [-0.4, -0.2) is 19.1 Å². The van der Waals surface area contributed by atoms with Crippen LogP contribution in [0, 0.1) is 5.92 Å². The Morgan fingerprint density at radius 3 is 2.12 bits per heavy atom. The zero-order valence-corrected chi connectivity index (χ0v) is 10.4. The second-order valence-corrected chi connectivity index (χ2v) is 4.75. The minimum Gasteiger partial charge on any atom is -0.264 e. The Hall–Kier alpha value is -0.650. The van der Waals surface area contributed by atoms with Crippen LogP contribution >= 0.6 is 0 Å². The van der Waals surface area contributed by atoms with E-state index >= 15 is 0 Å². The number of hydrogen-bond acceptors (Lipinski definition) is 3. The molecule has 4 nitrogen and oxygen atoms in total. The Morgan fingerprint density at radius 1 is 1.31 bits per heavy atom. The Bertz CT molecular complexity index is 298. The minimum absolute atomic E-state index is 0.252. The van der Waals surface area contributed by atoms with E-state index < -0.39 is 16.5 Å². The van der Waals surface area contributed by atoms with Crippen LogP contribution in [0.4, 0.5) is 0 Å². The minimum atomic E-state index is -4.36. The van der Waals surface area contributed by atoms with E-state index in [2.05, 4.69) is 17.3 Å². The summed E-state index contributed by atoms with van der Waals surface area (Å²) in [6, 6.07) is 0. The van der Waals surface area contributed by atoms with Gasteiger partial charge in [0.1, 0.15) is 0 Å². The molecule has 1 atom stereocenters. The lowest BCUT2D eigenvalue weighted by Crippen LogP contribution is -2.20. The second-order valence-electron chi connectivity index (χ2n) is 3.70. The van der Waals surface area contributed by atoms with Gasteiger partial charge in [0.05, 0.1) is 6.10 Å². The van der Waals surface area contributed by atoms with Crippen molar-refractivity contribution in [2.45, 2.75) is 38.7 Å². The lowest BCUT2D eigenvalue weighted by atomic mass is 9.94. The third kappa shape index (κ3) is 7.62. The molecule has 1 unspecified atom stereocenters. The van der Waals surface area contributed by atoms with Crippen molar-refractivity contribution in [1.29, 1.82) is 0 Å². The summed E-state index contributed by atoms with van der Waals surface area (Å²) >= 11 is 0. The molecule has 0 rings (SSSR count). The fraction of sp³-hybridized carbons (Fsp3) is 0.636. The molecule has 0 aromatic carbocycles. The molecule has 0 fully saturated rings. The van der Waals surface area contributed by atoms with Crippen LogP contribution < -0.4 is 0 Å². The van der Waals surface area contributed by atoms with Crippen LogP contribution in [0.3, 0.4) is 0 Å². The average molecular weight is 248 g/mol. The maximum atomic E-state index is 10.6. The highest BCUT2D eigenvalue weighted by Gasteiger charge is 2.19. The van der Waals surface area contributed by atoms with Gasteiger partial charge in [0.2, 0.25) is 0 Å². The molecule has 16 heavy (non-hydrogen) atoms. The largest absolute Gasteiger partial charge is 0.397 e. The van der Waals surface area contributed by atoms with Crippen molar-refractivity contribution in [3.8, 4) is 0 Å². The molecule has 0 amide bonds. The van der Waals surface area contributed by atoms with Gasteiger partial charge >= 0.3 is 10.4 Å². The molecule has 0 aliphatic rings. The summed E-state index contributed by atoms with van der Waals surface area (Å²) in [6.07, 6.45) is 5.73. The van der Waals surface area contributed by atoms with Crippen LogP contribution in [0.2, 0.25) is 0 Å². The van der Waals surface area contributed by atoms with Crippen molar-refractivity contribution >= 4 is 10.4 Å². The fourth-order valence-corrected chi connectivity index (χ4v) is 2.14. The normalized spacial score (nSPS) is 13.7. The van der Waals surface area contributed by atoms with Crippen molar-refractivity contribution in [3.05, 3.63) is 25.3 Å². The molecule has 0 saturated heterocycles. The highest BCUT2D eigenvalue weighted by molar-refractivity contribution is 7.80. The van der Waals surface area contributed by atoms with Gasteiger partial charge in [0, 0.05) is 0 Å². The Kier molecular flexibility index (Phi) is 7.29. The summed E-state index contributed by atoms with van der Waals surface area (Å²) in [5.41, 5.74) is 0. The zero-order valence-electron chi connectivity index (χ0n) is 9.63. The van der Waals surface area contributed by atoms with E-state index in [0.717, 1.165) is 12.8 Å². The Labute approximate surface area is 98.0 Å². The molecular formula is C11H20O4S. The lowest BCUT2D eigenvalue weighted by Gasteiger charge is -2.19. The van der Waals surface area contributed by atoms with E-state index in [1.165, 1.54) is 0 Å². The molecule has 0 heterocycles. The highest BCUT2D eigenvalue weighted by Crippen LogP contribution is 2.21. The summed E-state index contributed by atoms with van der Waals surface area (Å²) in [7, 11) is -4.36. The quantitative estimate of drug-likeness (QED) is 0.503. The molecule has 0 aliphatic heterocycles. The van der Waals surface area contributed by atoms with Gasteiger partial charge in [-0.05, 0) is 31.6 Å². The summed E-state index contributed by atoms with van der Waals surface area (Å²) in [4.78, 5) is 0. The van der Waals surface area contributed by atoms with E-state index in [4.69, 9.17) is 4.55 Å². The molecule has 0 bridgehead atoms. The Balaban J connectivity index is 4.35. The van der Waals surface area contributed by atoms with E-state index in [9.17, 15) is 8.42 Å². The van der Waals surface area contributed by atoms with Crippen LogP contribution in [0.1, 0.15) is 32.6 Å². The van der Waals surface area contributed by atoms with Crippen molar-refractivity contribution in [3.63, 3.8) is 0 Å². The molecule has 0 radical (unpaired) electrons. The van der Waals surface area contributed by atoms with E-state index in [-0.39, 0.29) is 5.92 Å². The first-order valence-corrected chi connectivity index (χ1v) is 6.66. The van der Waals surface area contributed by atoms with E-state index in [0.29, 0.717) is 12.8 Å². The van der Waals surface area contributed by atoms with Gasteiger partial charge in [-0.3, -0.25) is 4.55 Å². The smallest absolute Gasteiger partial charge is 0.264 e. The number of rotatable bonds is 9. The fourth-order valence-electron chi connectivity index (χ4n) is 1.58. The second kappa shape index (κ2) is 7.60. The maximum Gasteiger partial charge on any atom is 0.397 e. The summed E-state index contributed by atoms with van der Waals surface area (Å²) < 4.78 is 34.4. The molecule has 1 N–H and O–H groups in total. The SMILES string of the molecule is C=CCC(CC=C)CC(CC)OS(=O)(=O)O. The first kappa shape index (κ1) is 15.3. The predicted molar refractivity (Wildman–Crippen MR) is 64.4 cm³/mol. The first-order valence-electron chi connectivity index (χ1n) is 5.30. The number of allylic oxidation sites excluding steroid dienone is 2. The Morgan fingerprint density at radius 2 is 1.81 bits per heavy atom. The standard InChI is InChI=1S/C11H20O4S/c1-4-7-10(8-5-2)9-11(6-3)15-16(12,13)14/h4-5,10-11H,1-2,6-9H2,3H3,(H,12,13,14). The van der Waals surface area contributed by atoms with E-state index in [1.807, 2.05) is 6.92 Å². The zero-order chi connectivity index (χ0) is 12.6. The van der Waals surface area contributed by atoms with Crippen molar-refractivity contribution < 1.29 is 17.2 Å². The first-order chi connectivity index (χ1) is 7.42. The van der Waals surface area contributed by atoms with Crippen LogP contribution in [0.15, 0.2) is 25.3 Å². The van der Waals surface area contributed by atoms with Gasteiger partial charge in [-0.25, -0.2) is 4.18 Å². The highest BCUT2D eigenvalue weighted by atomic mass is 32.3. The lowest BCUT2D eigenvalue weighted by molar-refractivity contribution is 0.150. The van der Waals surface area contributed by atoms with Gasteiger partial charge < -0.3 is 0 Å². The third-order valence-corrected chi connectivity index (χ3v) is 2.82. The molecule has 0 aliphatic carbocycles. The monoisotopic (exact) mass is 248 g/mol. The number of hydrogen-bond donors (Lipinski definition) is 1. The summed E-state index contributed by atoms with van der Waals surface area (Å²) in [5, 5.41) is 0. The van der Waals surface area contributed by atoms with Gasteiger partial charge in [0.15, 0.2) is 0 Å².